The molecule has 1 aromatic heterocycles. The standard InChI is InChI=1S/C13H22N4/c1-13(14-2)5-8-16(9-6-13)12-15-7-10-17(12)11-3-4-11/h7,10-11,14H,3-6,8-9H2,1-2H3. The number of rotatable bonds is 3. The van der Waals surface area contributed by atoms with Crippen molar-refractivity contribution in [3.8, 4) is 0 Å². The lowest BCUT2D eigenvalue weighted by atomic mass is 9.90. The maximum absolute atomic E-state index is 4.54. The summed E-state index contributed by atoms with van der Waals surface area (Å²) in [6.07, 6.45) is 9.12. The van der Waals surface area contributed by atoms with Crippen molar-refractivity contribution in [2.45, 2.75) is 44.2 Å². The summed E-state index contributed by atoms with van der Waals surface area (Å²) in [4.78, 5) is 6.99. The first-order chi connectivity index (χ1) is 8.22. The zero-order valence-corrected chi connectivity index (χ0v) is 10.8. The van der Waals surface area contributed by atoms with Gasteiger partial charge in [0.05, 0.1) is 0 Å². The number of nitrogens with zero attached hydrogens (tertiary/aromatic N) is 3. The normalized spacial score (nSPS) is 24.0. The van der Waals surface area contributed by atoms with E-state index in [4.69, 9.17) is 0 Å². The van der Waals surface area contributed by atoms with E-state index in [0.717, 1.165) is 19.1 Å². The Balaban J connectivity index is 1.71. The van der Waals surface area contributed by atoms with E-state index in [0.29, 0.717) is 5.54 Å². The molecule has 2 heterocycles. The smallest absolute Gasteiger partial charge is 0.205 e. The predicted octanol–water partition coefficient (Wildman–Crippen LogP) is 1.80. The van der Waals surface area contributed by atoms with Crippen molar-refractivity contribution in [2.24, 2.45) is 0 Å². The molecule has 4 heteroatoms. The van der Waals surface area contributed by atoms with E-state index in [1.165, 1.54) is 31.6 Å². The average Bonchev–Trinajstić information content (AvgIpc) is 3.09. The van der Waals surface area contributed by atoms with Crippen LogP contribution in [0.15, 0.2) is 12.4 Å². The summed E-state index contributed by atoms with van der Waals surface area (Å²) in [6, 6.07) is 0.727. The molecule has 3 rings (SSSR count). The van der Waals surface area contributed by atoms with Crippen molar-refractivity contribution in [1.29, 1.82) is 0 Å². The summed E-state index contributed by atoms with van der Waals surface area (Å²) in [5, 5.41) is 3.44. The molecule has 0 radical (unpaired) electrons. The first kappa shape index (κ1) is 11.1. The largest absolute Gasteiger partial charge is 0.342 e. The Morgan fingerprint density at radius 1 is 1.35 bits per heavy atom. The van der Waals surface area contributed by atoms with Gasteiger partial charge in [-0.3, -0.25) is 0 Å². The number of piperidine rings is 1. The third-order valence-electron chi connectivity index (χ3n) is 4.34. The summed E-state index contributed by atoms with van der Waals surface area (Å²) in [7, 11) is 2.07. The van der Waals surface area contributed by atoms with Gasteiger partial charge in [-0.25, -0.2) is 4.98 Å². The summed E-state index contributed by atoms with van der Waals surface area (Å²) in [6.45, 7) is 4.54. The van der Waals surface area contributed by atoms with E-state index in [1.54, 1.807) is 0 Å². The van der Waals surface area contributed by atoms with Crippen LogP contribution in [-0.2, 0) is 0 Å². The first-order valence-electron chi connectivity index (χ1n) is 6.68. The molecule has 1 saturated heterocycles. The van der Waals surface area contributed by atoms with Crippen LogP contribution in [0.1, 0.15) is 38.6 Å². The Bertz CT molecular complexity index is 386. The molecule has 0 bridgehead atoms. The zero-order chi connectivity index (χ0) is 11.9. The number of hydrogen-bond donors (Lipinski definition) is 1. The van der Waals surface area contributed by atoms with Crippen molar-refractivity contribution in [3.05, 3.63) is 12.4 Å². The minimum atomic E-state index is 0.313. The van der Waals surface area contributed by atoms with Crippen molar-refractivity contribution >= 4 is 5.95 Å². The Morgan fingerprint density at radius 3 is 2.65 bits per heavy atom. The highest BCUT2D eigenvalue weighted by Gasteiger charge is 2.32. The lowest BCUT2D eigenvalue weighted by molar-refractivity contribution is 0.302. The van der Waals surface area contributed by atoms with Crippen molar-refractivity contribution in [1.82, 2.24) is 14.9 Å². The zero-order valence-electron chi connectivity index (χ0n) is 10.8. The lowest BCUT2D eigenvalue weighted by Gasteiger charge is -2.39. The lowest BCUT2D eigenvalue weighted by Crippen LogP contribution is -2.50. The second-order valence-corrected chi connectivity index (χ2v) is 5.66. The van der Waals surface area contributed by atoms with Crippen LogP contribution in [0.5, 0.6) is 0 Å². The van der Waals surface area contributed by atoms with E-state index in [-0.39, 0.29) is 0 Å². The average molecular weight is 234 g/mol. The molecule has 2 aliphatic rings. The maximum Gasteiger partial charge on any atom is 0.205 e. The molecule has 1 saturated carbocycles. The minimum Gasteiger partial charge on any atom is -0.342 e. The molecular weight excluding hydrogens is 212 g/mol. The molecule has 2 fully saturated rings. The highest BCUT2D eigenvalue weighted by atomic mass is 15.3. The fraction of sp³-hybridized carbons (Fsp3) is 0.769. The van der Waals surface area contributed by atoms with Crippen LogP contribution < -0.4 is 10.2 Å². The molecule has 1 aliphatic heterocycles. The highest BCUT2D eigenvalue weighted by Crippen LogP contribution is 2.38. The van der Waals surface area contributed by atoms with Gasteiger partial charge in [-0.2, -0.15) is 0 Å². The summed E-state index contributed by atoms with van der Waals surface area (Å²) in [5.74, 6) is 1.19. The van der Waals surface area contributed by atoms with Gasteiger partial charge < -0.3 is 14.8 Å². The fourth-order valence-corrected chi connectivity index (χ4v) is 2.64. The predicted molar refractivity (Wildman–Crippen MR) is 69.4 cm³/mol. The Morgan fingerprint density at radius 2 is 2.06 bits per heavy atom. The van der Waals surface area contributed by atoms with Gasteiger partial charge in [0.15, 0.2) is 0 Å². The number of hydrogen-bond acceptors (Lipinski definition) is 3. The second-order valence-electron chi connectivity index (χ2n) is 5.66. The van der Waals surface area contributed by atoms with E-state index in [9.17, 15) is 0 Å². The molecule has 1 N–H and O–H groups in total. The molecule has 1 aromatic rings. The van der Waals surface area contributed by atoms with Crippen molar-refractivity contribution < 1.29 is 0 Å². The number of imidazole rings is 1. The highest BCUT2D eigenvalue weighted by molar-refractivity contribution is 5.34. The van der Waals surface area contributed by atoms with E-state index in [1.807, 2.05) is 6.20 Å². The quantitative estimate of drug-likeness (QED) is 0.865. The van der Waals surface area contributed by atoms with Gasteiger partial charge in [0, 0.05) is 37.1 Å². The Labute approximate surface area is 103 Å². The molecule has 17 heavy (non-hydrogen) atoms. The molecule has 0 amide bonds. The van der Waals surface area contributed by atoms with Crippen molar-refractivity contribution in [2.75, 3.05) is 25.0 Å². The van der Waals surface area contributed by atoms with Crippen LogP contribution in [-0.4, -0.2) is 35.2 Å². The van der Waals surface area contributed by atoms with Gasteiger partial charge >= 0.3 is 0 Å². The van der Waals surface area contributed by atoms with Crippen LogP contribution in [0.25, 0.3) is 0 Å². The molecule has 0 spiro atoms. The van der Waals surface area contributed by atoms with E-state index < -0.39 is 0 Å². The molecule has 94 valence electrons. The van der Waals surface area contributed by atoms with Gasteiger partial charge in [-0.1, -0.05) is 0 Å². The molecular formula is C13H22N4. The molecule has 0 atom stereocenters. The fourth-order valence-electron chi connectivity index (χ4n) is 2.64. The number of aromatic nitrogens is 2. The van der Waals surface area contributed by atoms with Gasteiger partial charge in [-0.05, 0) is 39.7 Å². The second kappa shape index (κ2) is 4.02. The minimum absolute atomic E-state index is 0.313. The molecule has 0 aromatic carbocycles. The molecule has 0 unspecified atom stereocenters. The van der Waals surface area contributed by atoms with Gasteiger partial charge in [0.2, 0.25) is 5.95 Å². The number of anilines is 1. The van der Waals surface area contributed by atoms with Crippen LogP contribution >= 0.6 is 0 Å². The van der Waals surface area contributed by atoms with Crippen LogP contribution in [0.3, 0.4) is 0 Å². The Kier molecular flexibility index (Phi) is 2.62. The van der Waals surface area contributed by atoms with Crippen LogP contribution in [0.2, 0.25) is 0 Å². The number of nitrogens with one attached hydrogen (secondary N) is 1. The van der Waals surface area contributed by atoms with E-state index >= 15 is 0 Å². The van der Waals surface area contributed by atoms with Gasteiger partial charge in [-0.15, -0.1) is 0 Å². The van der Waals surface area contributed by atoms with Crippen LogP contribution in [0.4, 0.5) is 5.95 Å². The third-order valence-corrected chi connectivity index (χ3v) is 4.34. The monoisotopic (exact) mass is 234 g/mol. The van der Waals surface area contributed by atoms with Gasteiger partial charge in [0.25, 0.3) is 0 Å². The SMILES string of the molecule is CNC1(C)CCN(c2nccn2C2CC2)CC1. The summed E-state index contributed by atoms with van der Waals surface area (Å²) in [5.41, 5.74) is 0.313. The summed E-state index contributed by atoms with van der Waals surface area (Å²) < 4.78 is 2.36. The third kappa shape index (κ3) is 2.06. The molecule has 4 nitrogen and oxygen atoms in total. The van der Waals surface area contributed by atoms with Gasteiger partial charge in [0.1, 0.15) is 0 Å². The Hall–Kier alpha value is -1.03. The topological polar surface area (TPSA) is 33.1 Å². The van der Waals surface area contributed by atoms with Crippen molar-refractivity contribution in [3.63, 3.8) is 0 Å². The molecule has 1 aliphatic carbocycles. The first-order valence-corrected chi connectivity index (χ1v) is 6.68. The van der Waals surface area contributed by atoms with Crippen LogP contribution in [0, 0.1) is 0 Å². The summed E-state index contributed by atoms with van der Waals surface area (Å²) >= 11 is 0. The maximum atomic E-state index is 4.54. The van der Waals surface area contributed by atoms with E-state index in [2.05, 4.69) is 39.9 Å².